The number of ether oxygens (including phenoxy) is 1. The summed E-state index contributed by atoms with van der Waals surface area (Å²) in [6, 6.07) is 1.95. The van der Waals surface area contributed by atoms with E-state index in [0.29, 0.717) is 11.4 Å². The van der Waals surface area contributed by atoms with Gasteiger partial charge < -0.3 is 9.15 Å². The summed E-state index contributed by atoms with van der Waals surface area (Å²) in [6.07, 6.45) is 2.62. The Bertz CT molecular complexity index is 230. The van der Waals surface area contributed by atoms with Crippen LogP contribution in [-0.2, 0) is 17.8 Å². The molecule has 0 amide bonds. The van der Waals surface area contributed by atoms with Crippen LogP contribution < -0.4 is 0 Å². The molecule has 0 bridgehead atoms. The molecular weight excluding hydrogens is 220 g/mol. The number of furan rings is 1. The van der Waals surface area contributed by atoms with E-state index in [1.807, 2.05) is 6.07 Å². The van der Waals surface area contributed by atoms with Gasteiger partial charge in [-0.2, -0.15) is 0 Å². The van der Waals surface area contributed by atoms with Crippen LogP contribution in [0.3, 0.4) is 0 Å². The predicted molar refractivity (Wildman–Crippen MR) is 51.5 cm³/mol. The van der Waals surface area contributed by atoms with Crippen molar-refractivity contribution >= 4 is 15.9 Å². The Balaban J connectivity index is 2.63. The van der Waals surface area contributed by atoms with Gasteiger partial charge in [0.1, 0.15) is 5.76 Å². The van der Waals surface area contributed by atoms with Gasteiger partial charge in [0, 0.05) is 23.9 Å². The van der Waals surface area contributed by atoms with E-state index in [4.69, 9.17) is 9.15 Å². The molecule has 0 spiro atoms. The zero-order chi connectivity index (χ0) is 8.97. The molecule has 0 saturated carbocycles. The lowest BCUT2D eigenvalue weighted by molar-refractivity contribution is 0.183. The van der Waals surface area contributed by atoms with Crippen LogP contribution in [0.25, 0.3) is 0 Å². The average Bonchev–Trinajstić information content (AvgIpc) is 2.37. The van der Waals surface area contributed by atoms with Crippen molar-refractivity contribution in [1.29, 1.82) is 0 Å². The van der Waals surface area contributed by atoms with Crippen molar-refractivity contribution in [1.82, 2.24) is 0 Å². The Morgan fingerprint density at radius 3 is 3.00 bits per heavy atom. The van der Waals surface area contributed by atoms with Gasteiger partial charge in [0.05, 0.1) is 12.9 Å². The molecule has 12 heavy (non-hydrogen) atoms. The van der Waals surface area contributed by atoms with Crippen LogP contribution in [0.4, 0.5) is 0 Å². The second kappa shape index (κ2) is 4.67. The lowest BCUT2D eigenvalue weighted by Gasteiger charge is -2.02. The van der Waals surface area contributed by atoms with Crippen molar-refractivity contribution in [3.05, 3.63) is 23.7 Å². The highest BCUT2D eigenvalue weighted by Gasteiger charge is 2.08. The molecule has 1 unspecified atom stereocenters. The molecule has 1 aromatic rings. The summed E-state index contributed by atoms with van der Waals surface area (Å²) >= 11 is 3.48. The van der Waals surface area contributed by atoms with Crippen LogP contribution in [0.5, 0.6) is 0 Å². The van der Waals surface area contributed by atoms with E-state index in [-0.39, 0.29) is 0 Å². The summed E-state index contributed by atoms with van der Waals surface area (Å²) in [5.41, 5.74) is 1.14. The van der Waals surface area contributed by atoms with Gasteiger partial charge in [-0.1, -0.05) is 22.9 Å². The highest BCUT2D eigenvalue weighted by Crippen LogP contribution is 2.16. The van der Waals surface area contributed by atoms with Crippen LogP contribution in [0.2, 0.25) is 0 Å². The summed E-state index contributed by atoms with van der Waals surface area (Å²) in [7, 11) is 1.69. The smallest absolute Gasteiger partial charge is 0.110 e. The number of halogens is 1. The molecule has 2 nitrogen and oxygen atoms in total. The molecular formula is C9H13BrO2. The maximum Gasteiger partial charge on any atom is 0.110 e. The van der Waals surface area contributed by atoms with Crippen molar-refractivity contribution in [2.45, 2.75) is 24.8 Å². The summed E-state index contributed by atoms with van der Waals surface area (Å²) in [5.74, 6) is 1.02. The third-order valence-corrected chi connectivity index (χ3v) is 1.93. The van der Waals surface area contributed by atoms with Gasteiger partial charge in [-0.05, 0) is 6.07 Å². The molecule has 0 saturated heterocycles. The standard InChI is InChI=1S/C9H13BrO2/c1-7(10)5-9-8(6-11-2)3-4-12-9/h3-4,7H,5-6H2,1-2H3. The Morgan fingerprint density at radius 1 is 1.67 bits per heavy atom. The second-order valence-electron chi connectivity index (χ2n) is 2.79. The highest BCUT2D eigenvalue weighted by molar-refractivity contribution is 9.09. The Hall–Kier alpha value is -0.280. The van der Waals surface area contributed by atoms with Gasteiger partial charge >= 0.3 is 0 Å². The molecule has 0 N–H and O–H groups in total. The minimum absolute atomic E-state index is 0.444. The molecule has 1 rings (SSSR count). The fourth-order valence-corrected chi connectivity index (χ4v) is 1.38. The molecule has 0 radical (unpaired) electrons. The normalized spacial score (nSPS) is 13.2. The lowest BCUT2D eigenvalue weighted by atomic mass is 10.2. The fourth-order valence-electron chi connectivity index (χ4n) is 1.09. The summed E-state index contributed by atoms with van der Waals surface area (Å²) in [4.78, 5) is 0.444. The van der Waals surface area contributed by atoms with Crippen LogP contribution in [-0.4, -0.2) is 11.9 Å². The quantitative estimate of drug-likeness (QED) is 0.746. The lowest BCUT2D eigenvalue weighted by Crippen LogP contribution is -1.98. The number of alkyl halides is 1. The number of rotatable bonds is 4. The van der Waals surface area contributed by atoms with Gasteiger partial charge in [-0.3, -0.25) is 0 Å². The third-order valence-electron chi connectivity index (χ3n) is 1.60. The number of hydrogen-bond donors (Lipinski definition) is 0. The minimum atomic E-state index is 0.444. The van der Waals surface area contributed by atoms with Gasteiger partial charge in [0.2, 0.25) is 0 Å². The van der Waals surface area contributed by atoms with Crippen LogP contribution in [0.15, 0.2) is 16.7 Å². The molecule has 0 aromatic carbocycles. The average molecular weight is 233 g/mol. The van der Waals surface area contributed by atoms with Gasteiger partial charge in [-0.15, -0.1) is 0 Å². The molecule has 68 valence electrons. The molecule has 0 aliphatic carbocycles. The van der Waals surface area contributed by atoms with Crippen molar-refractivity contribution in [3.63, 3.8) is 0 Å². The van der Waals surface area contributed by atoms with Crippen LogP contribution in [0.1, 0.15) is 18.2 Å². The first kappa shape index (κ1) is 9.81. The fraction of sp³-hybridized carbons (Fsp3) is 0.556. The summed E-state index contributed by atoms with van der Waals surface area (Å²) in [5, 5.41) is 0. The topological polar surface area (TPSA) is 22.4 Å². The zero-order valence-corrected chi connectivity index (χ0v) is 8.93. The molecule has 0 aliphatic heterocycles. The van der Waals surface area contributed by atoms with Crippen molar-refractivity contribution in [3.8, 4) is 0 Å². The monoisotopic (exact) mass is 232 g/mol. The van der Waals surface area contributed by atoms with E-state index in [2.05, 4.69) is 22.9 Å². The van der Waals surface area contributed by atoms with Gasteiger partial charge in [-0.25, -0.2) is 0 Å². The van der Waals surface area contributed by atoms with E-state index >= 15 is 0 Å². The van der Waals surface area contributed by atoms with Crippen molar-refractivity contribution in [2.75, 3.05) is 7.11 Å². The first-order chi connectivity index (χ1) is 5.74. The first-order valence-electron chi connectivity index (χ1n) is 3.92. The predicted octanol–water partition coefficient (Wildman–Crippen LogP) is 2.75. The zero-order valence-electron chi connectivity index (χ0n) is 7.34. The maximum absolute atomic E-state index is 5.32. The van der Waals surface area contributed by atoms with Gasteiger partial charge in [0.25, 0.3) is 0 Å². The molecule has 0 aliphatic rings. The van der Waals surface area contributed by atoms with E-state index in [9.17, 15) is 0 Å². The minimum Gasteiger partial charge on any atom is -0.469 e. The van der Waals surface area contributed by atoms with Crippen LogP contribution >= 0.6 is 15.9 Å². The first-order valence-corrected chi connectivity index (χ1v) is 4.84. The van der Waals surface area contributed by atoms with E-state index in [1.54, 1.807) is 13.4 Å². The maximum atomic E-state index is 5.32. The molecule has 1 heterocycles. The highest BCUT2D eigenvalue weighted by atomic mass is 79.9. The van der Waals surface area contributed by atoms with Crippen molar-refractivity contribution in [2.24, 2.45) is 0 Å². The Morgan fingerprint density at radius 2 is 2.42 bits per heavy atom. The van der Waals surface area contributed by atoms with E-state index in [1.165, 1.54) is 0 Å². The Kier molecular flexibility index (Phi) is 3.82. The molecule has 1 aromatic heterocycles. The summed E-state index contributed by atoms with van der Waals surface area (Å²) in [6.45, 7) is 2.73. The van der Waals surface area contributed by atoms with E-state index < -0.39 is 0 Å². The van der Waals surface area contributed by atoms with Crippen LogP contribution in [0, 0.1) is 0 Å². The number of methoxy groups -OCH3 is 1. The summed E-state index contributed by atoms with van der Waals surface area (Å²) < 4.78 is 10.4. The van der Waals surface area contributed by atoms with Gasteiger partial charge in [0.15, 0.2) is 0 Å². The number of hydrogen-bond acceptors (Lipinski definition) is 2. The SMILES string of the molecule is COCc1ccoc1CC(C)Br. The molecule has 0 fully saturated rings. The van der Waals surface area contributed by atoms with Crippen molar-refractivity contribution < 1.29 is 9.15 Å². The molecule has 1 atom stereocenters. The largest absolute Gasteiger partial charge is 0.469 e. The second-order valence-corrected chi connectivity index (χ2v) is 4.35. The molecule has 3 heteroatoms. The third kappa shape index (κ3) is 2.64. The Labute approximate surface area is 81.0 Å². The van der Waals surface area contributed by atoms with E-state index in [0.717, 1.165) is 17.7 Å².